The largest absolute Gasteiger partial charge is 0.491 e. The Kier molecular flexibility index (Phi) is 4.17. The lowest BCUT2D eigenvalue weighted by Crippen LogP contribution is -2.22. The predicted molar refractivity (Wildman–Crippen MR) is 69.7 cm³/mol. The number of aliphatic hydroxyl groups excluding tert-OH is 1. The molecule has 0 amide bonds. The van der Waals surface area contributed by atoms with Gasteiger partial charge in [-0.05, 0) is 26.8 Å². The molecule has 106 valence electrons. The van der Waals surface area contributed by atoms with E-state index in [-0.39, 0.29) is 19.0 Å². The molecule has 0 saturated carbocycles. The Morgan fingerprint density at radius 1 is 1.16 bits per heavy atom. The maximum absolute atomic E-state index is 9.33. The van der Waals surface area contributed by atoms with Crippen molar-refractivity contribution in [3.8, 4) is 17.2 Å². The van der Waals surface area contributed by atoms with Gasteiger partial charge in [0, 0.05) is 11.6 Å². The van der Waals surface area contributed by atoms with Gasteiger partial charge in [-0.3, -0.25) is 0 Å². The third-order valence-electron chi connectivity index (χ3n) is 2.60. The molecule has 1 aliphatic rings. The minimum atomic E-state index is -0.182. The molecule has 19 heavy (non-hydrogen) atoms. The lowest BCUT2D eigenvalue weighted by Gasteiger charge is -2.20. The first-order valence-electron chi connectivity index (χ1n) is 6.30. The highest BCUT2D eigenvalue weighted by Gasteiger charge is 2.18. The fraction of sp³-hybridized carbons (Fsp3) is 0.571. The van der Waals surface area contributed by atoms with Crippen LogP contribution in [0.3, 0.4) is 0 Å². The second-order valence-corrected chi connectivity index (χ2v) is 5.28. The third kappa shape index (κ3) is 3.75. The number of fused-ring (bicyclic) bond motifs is 1. The van der Waals surface area contributed by atoms with Crippen molar-refractivity contribution < 1.29 is 24.1 Å². The second kappa shape index (κ2) is 5.67. The lowest BCUT2D eigenvalue weighted by atomic mass is 10.2. The van der Waals surface area contributed by atoms with Crippen LogP contribution in [0.1, 0.15) is 26.3 Å². The van der Waals surface area contributed by atoms with Crippen LogP contribution in [-0.4, -0.2) is 30.7 Å². The summed E-state index contributed by atoms with van der Waals surface area (Å²) < 4.78 is 21.7. The summed E-state index contributed by atoms with van der Waals surface area (Å²) >= 11 is 0. The highest BCUT2D eigenvalue weighted by molar-refractivity contribution is 5.51. The summed E-state index contributed by atoms with van der Waals surface area (Å²) in [6.07, 6.45) is 0. The molecule has 0 unspecified atom stereocenters. The maximum Gasteiger partial charge on any atom is 0.231 e. The van der Waals surface area contributed by atoms with Crippen molar-refractivity contribution in [2.45, 2.75) is 33.0 Å². The van der Waals surface area contributed by atoms with Gasteiger partial charge in [0.1, 0.15) is 12.4 Å². The van der Waals surface area contributed by atoms with Gasteiger partial charge in [-0.2, -0.15) is 0 Å². The molecule has 0 saturated heterocycles. The Morgan fingerprint density at radius 2 is 1.84 bits per heavy atom. The Balaban J connectivity index is 1.96. The van der Waals surface area contributed by atoms with Gasteiger partial charge in [0.2, 0.25) is 6.79 Å². The number of hydrogen-bond acceptors (Lipinski definition) is 5. The molecule has 5 nitrogen and oxygen atoms in total. The van der Waals surface area contributed by atoms with Gasteiger partial charge in [-0.15, -0.1) is 0 Å². The normalized spacial score (nSPS) is 13.7. The molecule has 1 N–H and O–H groups in total. The number of benzene rings is 1. The first-order valence-corrected chi connectivity index (χ1v) is 6.30. The molecule has 0 aliphatic carbocycles. The van der Waals surface area contributed by atoms with Crippen LogP contribution >= 0.6 is 0 Å². The molecule has 0 fully saturated rings. The SMILES string of the molecule is CC(C)(C)OCCOc1cc2c(cc1CO)OCO2. The minimum Gasteiger partial charge on any atom is -0.491 e. The van der Waals surface area contributed by atoms with Crippen molar-refractivity contribution in [3.63, 3.8) is 0 Å². The van der Waals surface area contributed by atoms with E-state index in [2.05, 4.69) is 0 Å². The Morgan fingerprint density at radius 3 is 2.47 bits per heavy atom. The summed E-state index contributed by atoms with van der Waals surface area (Å²) in [5.74, 6) is 1.88. The smallest absolute Gasteiger partial charge is 0.231 e. The summed E-state index contributed by atoms with van der Waals surface area (Å²) in [7, 11) is 0. The van der Waals surface area contributed by atoms with Crippen molar-refractivity contribution in [1.29, 1.82) is 0 Å². The molecule has 0 atom stereocenters. The van der Waals surface area contributed by atoms with E-state index < -0.39 is 0 Å². The van der Waals surface area contributed by atoms with Crippen LogP contribution in [0, 0.1) is 0 Å². The highest BCUT2D eigenvalue weighted by atomic mass is 16.7. The van der Waals surface area contributed by atoms with Crippen LogP contribution < -0.4 is 14.2 Å². The maximum atomic E-state index is 9.33. The summed E-state index contributed by atoms with van der Waals surface area (Å²) in [6, 6.07) is 3.48. The van der Waals surface area contributed by atoms with Gasteiger partial charge in [0.25, 0.3) is 0 Å². The molecule has 1 aliphatic heterocycles. The molecule has 2 rings (SSSR count). The average Bonchev–Trinajstić information content (AvgIpc) is 2.79. The third-order valence-corrected chi connectivity index (χ3v) is 2.60. The van der Waals surface area contributed by atoms with E-state index in [9.17, 15) is 5.11 Å². The molecule has 1 aromatic carbocycles. The first-order chi connectivity index (χ1) is 8.99. The van der Waals surface area contributed by atoms with E-state index in [1.54, 1.807) is 12.1 Å². The Labute approximate surface area is 113 Å². The molecule has 1 aromatic rings. The van der Waals surface area contributed by atoms with Crippen molar-refractivity contribution in [2.24, 2.45) is 0 Å². The standard InChI is InChI=1S/C14H20O5/c1-14(2,3)19-5-4-16-11-7-13-12(17-9-18-13)6-10(11)8-15/h6-7,15H,4-5,8-9H2,1-3H3. The monoisotopic (exact) mass is 268 g/mol. The van der Waals surface area contributed by atoms with E-state index in [1.165, 1.54) is 0 Å². The van der Waals surface area contributed by atoms with Crippen molar-refractivity contribution in [1.82, 2.24) is 0 Å². The highest BCUT2D eigenvalue weighted by Crippen LogP contribution is 2.38. The number of rotatable bonds is 5. The van der Waals surface area contributed by atoms with E-state index >= 15 is 0 Å². The summed E-state index contributed by atoms with van der Waals surface area (Å²) in [4.78, 5) is 0. The van der Waals surface area contributed by atoms with Crippen LogP contribution in [0.5, 0.6) is 17.2 Å². The van der Waals surface area contributed by atoms with Crippen molar-refractivity contribution in [3.05, 3.63) is 17.7 Å². The van der Waals surface area contributed by atoms with E-state index in [1.807, 2.05) is 20.8 Å². The Bertz CT molecular complexity index is 436. The molecule has 0 spiro atoms. The van der Waals surface area contributed by atoms with Crippen LogP contribution in [0.2, 0.25) is 0 Å². The molecular formula is C14H20O5. The predicted octanol–water partition coefficient (Wildman–Crippen LogP) is 2.10. The van der Waals surface area contributed by atoms with Crippen LogP contribution in [0.15, 0.2) is 12.1 Å². The van der Waals surface area contributed by atoms with E-state index in [0.29, 0.717) is 36.0 Å². The van der Waals surface area contributed by atoms with Gasteiger partial charge in [-0.1, -0.05) is 0 Å². The average molecular weight is 268 g/mol. The van der Waals surface area contributed by atoms with Gasteiger partial charge in [-0.25, -0.2) is 0 Å². The van der Waals surface area contributed by atoms with Gasteiger partial charge >= 0.3 is 0 Å². The van der Waals surface area contributed by atoms with Crippen molar-refractivity contribution in [2.75, 3.05) is 20.0 Å². The Hall–Kier alpha value is -1.46. The number of ether oxygens (including phenoxy) is 4. The molecule has 5 heteroatoms. The number of hydrogen-bond donors (Lipinski definition) is 1. The van der Waals surface area contributed by atoms with Crippen LogP contribution in [0.4, 0.5) is 0 Å². The quantitative estimate of drug-likeness (QED) is 0.829. The molecule has 0 radical (unpaired) electrons. The summed E-state index contributed by atoms with van der Waals surface area (Å²) in [5.41, 5.74) is 0.498. The van der Waals surface area contributed by atoms with Gasteiger partial charge in [0.05, 0.1) is 18.8 Å². The molecule has 0 bridgehead atoms. The zero-order chi connectivity index (χ0) is 13.9. The molecule has 0 aromatic heterocycles. The topological polar surface area (TPSA) is 57.2 Å². The zero-order valence-corrected chi connectivity index (χ0v) is 11.6. The van der Waals surface area contributed by atoms with Gasteiger partial charge < -0.3 is 24.1 Å². The zero-order valence-electron chi connectivity index (χ0n) is 11.6. The number of aliphatic hydroxyl groups is 1. The fourth-order valence-electron chi connectivity index (χ4n) is 1.72. The van der Waals surface area contributed by atoms with Crippen molar-refractivity contribution >= 4 is 0 Å². The van der Waals surface area contributed by atoms with Crippen LogP contribution in [0.25, 0.3) is 0 Å². The van der Waals surface area contributed by atoms with E-state index in [4.69, 9.17) is 18.9 Å². The summed E-state index contributed by atoms with van der Waals surface area (Å²) in [6.45, 7) is 6.99. The molecular weight excluding hydrogens is 248 g/mol. The van der Waals surface area contributed by atoms with E-state index in [0.717, 1.165) is 0 Å². The first kappa shape index (κ1) is 14.0. The molecule has 1 heterocycles. The minimum absolute atomic E-state index is 0.105. The lowest BCUT2D eigenvalue weighted by molar-refractivity contribution is -0.0165. The second-order valence-electron chi connectivity index (χ2n) is 5.28. The van der Waals surface area contributed by atoms with Gasteiger partial charge in [0.15, 0.2) is 11.5 Å². The fourth-order valence-corrected chi connectivity index (χ4v) is 1.72. The van der Waals surface area contributed by atoms with Crippen LogP contribution in [-0.2, 0) is 11.3 Å². The summed E-state index contributed by atoms with van der Waals surface area (Å²) in [5, 5.41) is 9.33.